The predicted octanol–water partition coefficient (Wildman–Crippen LogP) is 3.18. The van der Waals surface area contributed by atoms with E-state index in [9.17, 15) is 4.79 Å². The summed E-state index contributed by atoms with van der Waals surface area (Å²) in [6.07, 6.45) is 1.70. The lowest BCUT2D eigenvalue weighted by atomic mass is 10.1. The zero-order chi connectivity index (χ0) is 15.8. The van der Waals surface area contributed by atoms with Gasteiger partial charge in [-0.1, -0.05) is 24.3 Å². The van der Waals surface area contributed by atoms with Gasteiger partial charge in [0.15, 0.2) is 0 Å². The molecule has 4 rings (SSSR count). The predicted molar refractivity (Wildman–Crippen MR) is 89.5 cm³/mol. The van der Waals surface area contributed by atoms with Crippen LogP contribution < -0.4 is 5.32 Å². The molecule has 0 fully saturated rings. The smallest absolute Gasteiger partial charge is 0.260 e. The van der Waals surface area contributed by atoms with Crippen LogP contribution in [0.1, 0.15) is 17.3 Å². The third-order valence-electron chi connectivity index (χ3n) is 3.92. The third kappa shape index (κ3) is 2.15. The number of nitrogens with one attached hydrogen (secondary N) is 2. The SMILES string of the molecule is CCn1c(NC(=O)c2cccc3cn[nH]c23)nc2ccccc21. The van der Waals surface area contributed by atoms with Gasteiger partial charge in [0, 0.05) is 11.9 Å². The van der Waals surface area contributed by atoms with Crippen molar-refractivity contribution in [2.75, 3.05) is 5.32 Å². The number of benzene rings is 2. The molecule has 2 aromatic heterocycles. The normalized spacial score (nSPS) is 11.2. The lowest BCUT2D eigenvalue weighted by Crippen LogP contribution is -2.16. The molecule has 0 saturated heterocycles. The molecule has 0 aliphatic rings. The maximum absolute atomic E-state index is 12.7. The Morgan fingerprint density at radius 2 is 2.09 bits per heavy atom. The highest BCUT2D eigenvalue weighted by molar-refractivity contribution is 6.11. The molecule has 0 radical (unpaired) electrons. The van der Waals surface area contributed by atoms with E-state index in [1.807, 2.05) is 47.9 Å². The van der Waals surface area contributed by atoms with Crippen LogP contribution in [0.25, 0.3) is 21.9 Å². The molecule has 2 N–H and O–H groups in total. The van der Waals surface area contributed by atoms with E-state index < -0.39 is 0 Å². The van der Waals surface area contributed by atoms with E-state index in [2.05, 4.69) is 20.5 Å². The van der Waals surface area contributed by atoms with Crippen molar-refractivity contribution < 1.29 is 4.79 Å². The highest BCUT2D eigenvalue weighted by atomic mass is 16.1. The molecular weight excluding hydrogens is 290 g/mol. The summed E-state index contributed by atoms with van der Waals surface area (Å²) in [5, 5.41) is 10.7. The number of carbonyl (C=O) groups excluding carboxylic acids is 1. The first-order valence-corrected chi connectivity index (χ1v) is 7.46. The van der Waals surface area contributed by atoms with Crippen LogP contribution in [-0.2, 0) is 6.54 Å². The number of aromatic amines is 1. The van der Waals surface area contributed by atoms with Crippen molar-refractivity contribution in [2.45, 2.75) is 13.5 Å². The van der Waals surface area contributed by atoms with Gasteiger partial charge < -0.3 is 4.57 Å². The first-order chi connectivity index (χ1) is 11.3. The standard InChI is InChI=1S/C17H15N5O/c1-2-22-14-9-4-3-8-13(14)19-17(22)20-16(23)12-7-5-6-11-10-18-21-15(11)12/h3-10H,2H2,1H3,(H,18,21)(H,19,20,23). The highest BCUT2D eigenvalue weighted by Crippen LogP contribution is 2.21. The Morgan fingerprint density at radius 1 is 1.22 bits per heavy atom. The molecule has 6 heteroatoms. The van der Waals surface area contributed by atoms with Crippen LogP contribution in [0.3, 0.4) is 0 Å². The fraction of sp³-hybridized carbons (Fsp3) is 0.118. The monoisotopic (exact) mass is 305 g/mol. The van der Waals surface area contributed by atoms with E-state index in [0.717, 1.165) is 28.5 Å². The van der Waals surface area contributed by atoms with Gasteiger partial charge in [0.25, 0.3) is 5.91 Å². The summed E-state index contributed by atoms with van der Waals surface area (Å²) in [5.41, 5.74) is 3.15. The van der Waals surface area contributed by atoms with Crippen LogP contribution in [0.4, 0.5) is 5.95 Å². The summed E-state index contributed by atoms with van der Waals surface area (Å²) in [7, 11) is 0. The van der Waals surface area contributed by atoms with Crippen molar-refractivity contribution in [3.8, 4) is 0 Å². The van der Waals surface area contributed by atoms with Gasteiger partial charge in [0.05, 0.1) is 28.3 Å². The lowest BCUT2D eigenvalue weighted by molar-refractivity contribution is 0.102. The first kappa shape index (κ1) is 13.5. The van der Waals surface area contributed by atoms with Gasteiger partial charge in [-0.05, 0) is 25.1 Å². The Labute approximate surface area is 132 Å². The van der Waals surface area contributed by atoms with Crippen LogP contribution in [0.15, 0.2) is 48.7 Å². The van der Waals surface area contributed by atoms with Crippen LogP contribution in [-0.4, -0.2) is 25.7 Å². The molecule has 0 saturated carbocycles. The average molecular weight is 305 g/mol. The topological polar surface area (TPSA) is 75.6 Å². The second kappa shape index (κ2) is 5.24. The summed E-state index contributed by atoms with van der Waals surface area (Å²) in [6, 6.07) is 13.4. The minimum Gasteiger partial charge on any atom is -0.310 e. The molecule has 0 aliphatic heterocycles. The molecule has 0 atom stereocenters. The average Bonchev–Trinajstić information content (AvgIpc) is 3.18. The molecule has 0 bridgehead atoms. The number of fused-ring (bicyclic) bond motifs is 2. The molecule has 23 heavy (non-hydrogen) atoms. The van der Waals surface area contributed by atoms with Gasteiger partial charge >= 0.3 is 0 Å². The van der Waals surface area contributed by atoms with Gasteiger partial charge in [-0.2, -0.15) is 5.10 Å². The minimum absolute atomic E-state index is 0.204. The number of imidazole rings is 1. The van der Waals surface area contributed by atoms with Crippen molar-refractivity contribution in [3.05, 3.63) is 54.2 Å². The Kier molecular flexibility index (Phi) is 3.08. The Bertz CT molecular complexity index is 1010. The summed E-state index contributed by atoms with van der Waals surface area (Å²) < 4.78 is 1.99. The van der Waals surface area contributed by atoms with Gasteiger partial charge in [0.2, 0.25) is 5.95 Å². The van der Waals surface area contributed by atoms with Gasteiger partial charge in [0.1, 0.15) is 0 Å². The molecule has 1 amide bonds. The Balaban J connectivity index is 1.76. The van der Waals surface area contributed by atoms with E-state index in [1.54, 1.807) is 12.3 Å². The van der Waals surface area contributed by atoms with Gasteiger partial charge in [-0.15, -0.1) is 0 Å². The lowest BCUT2D eigenvalue weighted by Gasteiger charge is -2.08. The molecule has 114 valence electrons. The molecule has 0 unspecified atom stereocenters. The largest absolute Gasteiger partial charge is 0.310 e. The highest BCUT2D eigenvalue weighted by Gasteiger charge is 2.15. The molecule has 6 nitrogen and oxygen atoms in total. The van der Waals surface area contributed by atoms with Crippen molar-refractivity contribution in [3.63, 3.8) is 0 Å². The zero-order valence-corrected chi connectivity index (χ0v) is 12.6. The summed E-state index contributed by atoms with van der Waals surface area (Å²) >= 11 is 0. The third-order valence-corrected chi connectivity index (χ3v) is 3.92. The molecule has 4 aromatic rings. The first-order valence-electron chi connectivity index (χ1n) is 7.46. The number of rotatable bonds is 3. The van der Waals surface area contributed by atoms with Gasteiger partial charge in [-0.25, -0.2) is 4.98 Å². The van der Waals surface area contributed by atoms with Crippen molar-refractivity contribution >= 4 is 33.8 Å². The van der Waals surface area contributed by atoms with E-state index in [-0.39, 0.29) is 5.91 Å². The van der Waals surface area contributed by atoms with Crippen molar-refractivity contribution in [1.82, 2.24) is 19.7 Å². The van der Waals surface area contributed by atoms with Crippen molar-refractivity contribution in [2.24, 2.45) is 0 Å². The number of para-hydroxylation sites is 3. The van der Waals surface area contributed by atoms with Crippen LogP contribution >= 0.6 is 0 Å². The second-order valence-corrected chi connectivity index (χ2v) is 5.26. The number of anilines is 1. The van der Waals surface area contributed by atoms with E-state index in [4.69, 9.17) is 0 Å². The Hall–Kier alpha value is -3.15. The van der Waals surface area contributed by atoms with E-state index >= 15 is 0 Å². The summed E-state index contributed by atoms with van der Waals surface area (Å²) in [4.78, 5) is 17.2. The van der Waals surface area contributed by atoms with E-state index in [1.165, 1.54) is 0 Å². The maximum atomic E-state index is 12.7. The number of H-pyrrole nitrogens is 1. The fourth-order valence-electron chi connectivity index (χ4n) is 2.82. The molecule has 0 aliphatic carbocycles. The number of amides is 1. The number of nitrogens with zero attached hydrogens (tertiary/aromatic N) is 3. The number of aromatic nitrogens is 4. The quantitative estimate of drug-likeness (QED) is 0.610. The fourth-order valence-corrected chi connectivity index (χ4v) is 2.82. The Morgan fingerprint density at radius 3 is 2.96 bits per heavy atom. The van der Waals surface area contributed by atoms with Crippen LogP contribution in [0.5, 0.6) is 0 Å². The number of carbonyl (C=O) groups is 1. The van der Waals surface area contributed by atoms with Gasteiger partial charge in [-0.3, -0.25) is 15.2 Å². The second-order valence-electron chi connectivity index (χ2n) is 5.26. The molecular formula is C17H15N5O. The number of hydrogen-bond donors (Lipinski definition) is 2. The molecule has 2 aromatic carbocycles. The molecule has 2 heterocycles. The zero-order valence-electron chi connectivity index (χ0n) is 12.6. The maximum Gasteiger partial charge on any atom is 0.260 e. The van der Waals surface area contributed by atoms with Crippen LogP contribution in [0.2, 0.25) is 0 Å². The van der Waals surface area contributed by atoms with E-state index in [0.29, 0.717) is 11.5 Å². The van der Waals surface area contributed by atoms with Crippen LogP contribution in [0, 0.1) is 0 Å². The number of aryl methyl sites for hydroxylation is 1. The number of hydrogen-bond acceptors (Lipinski definition) is 3. The molecule has 0 spiro atoms. The summed E-state index contributed by atoms with van der Waals surface area (Å²) in [5.74, 6) is 0.347. The summed E-state index contributed by atoms with van der Waals surface area (Å²) in [6.45, 7) is 2.75. The van der Waals surface area contributed by atoms with Crippen molar-refractivity contribution in [1.29, 1.82) is 0 Å². The minimum atomic E-state index is -0.204.